The molecule has 0 fully saturated rings. The number of benzene rings is 1. The number of nitrogens with one attached hydrogen (secondary N) is 1. The van der Waals surface area contributed by atoms with Crippen molar-refractivity contribution in [2.75, 3.05) is 5.32 Å². The molecule has 2 aromatic rings. The van der Waals surface area contributed by atoms with Gasteiger partial charge in [-0.2, -0.15) is 0 Å². The van der Waals surface area contributed by atoms with E-state index in [0.29, 0.717) is 6.04 Å². The van der Waals surface area contributed by atoms with Crippen molar-refractivity contribution in [3.63, 3.8) is 0 Å². The summed E-state index contributed by atoms with van der Waals surface area (Å²) in [4.78, 5) is 4.21. The van der Waals surface area contributed by atoms with E-state index in [2.05, 4.69) is 41.5 Å². The molecule has 0 aliphatic carbocycles. The zero-order chi connectivity index (χ0) is 14.4. The van der Waals surface area contributed by atoms with E-state index in [1.54, 1.807) is 6.20 Å². The van der Waals surface area contributed by atoms with E-state index in [1.807, 2.05) is 19.1 Å². The fourth-order valence-electron chi connectivity index (χ4n) is 2.30. The van der Waals surface area contributed by atoms with Gasteiger partial charge in [0.25, 0.3) is 0 Å². The summed E-state index contributed by atoms with van der Waals surface area (Å²) in [5.74, 6) is 0. The lowest BCUT2D eigenvalue weighted by Gasteiger charge is -2.18. The van der Waals surface area contributed by atoms with Gasteiger partial charge in [0.2, 0.25) is 0 Å². The van der Waals surface area contributed by atoms with Crippen LogP contribution in [0.3, 0.4) is 0 Å². The molecule has 1 unspecified atom stereocenters. The van der Waals surface area contributed by atoms with Crippen LogP contribution in [0.5, 0.6) is 0 Å². The van der Waals surface area contributed by atoms with Crippen LogP contribution in [-0.4, -0.2) is 16.1 Å². The third-order valence-corrected chi connectivity index (χ3v) is 3.54. The lowest BCUT2D eigenvalue weighted by Crippen LogP contribution is -2.17. The van der Waals surface area contributed by atoms with Gasteiger partial charge >= 0.3 is 0 Å². The minimum absolute atomic E-state index is 0. The van der Waals surface area contributed by atoms with Gasteiger partial charge < -0.3 is 10.4 Å². The number of nitrogens with zero attached hydrogens (tertiary/aromatic N) is 1. The number of aryl methyl sites for hydroxylation is 2. The van der Waals surface area contributed by atoms with Gasteiger partial charge in [-0.15, -0.1) is 24.8 Å². The van der Waals surface area contributed by atoms with E-state index in [4.69, 9.17) is 0 Å². The standard InChI is InChI=1S/C17H22N2O.2ClH/c1-13(8-9-15-6-4-3-5-7-15)19-17-10-11-18-14(2)16(17)12-20;;/h3-7,10-11,13,20H,8-9,12H2,1-2H3,(H,18,19);2*1H. The first kappa shape index (κ1) is 20.7. The Balaban J connectivity index is 0.00000220. The molecule has 0 radical (unpaired) electrons. The van der Waals surface area contributed by atoms with E-state index in [9.17, 15) is 5.11 Å². The van der Waals surface area contributed by atoms with Crippen LogP contribution in [0, 0.1) is 6.92 Å². The Morgan fingerprint density at radius 2 is 1.82 bits per heavy atom. The molecule has 5 heteroatoms. The molecule has 2 rings (SSSR count). The van der Waals surface area contributed by atoms with Gasteiger partial charge in [-0.1, -0.05) is 30.3 Å². The van der Waals surface area contributed by atoms with Crippen LogP contribution in [0.25, 0.3) is 0 Å². The van der Waals surface area contributed by atoms with Gasteiger partial charge in [-0.05, 0) is 38.3 Å². The molecule has 1 atom stereocenters. The molecular weight excluding hydrogens is 319 g/mol. The van der Waals surface area contributed by atoms with E-state index in [0.717, 1.165) is 29.8 Å². The maximum Gasteiger partial charge on any atom is 0.0719 e. The number of hydrogen-bond donors (Lipinski definition) is 2. The fourth-order valence-corrected chi connectivity index (χ4v) is 2.30. The Kier molecular flexibility index (Phi) is 9.83. The zero-order valence-electron chi connectivity index (χ0n) is 13.0. The molecule has 0 aliphatic heterocycles. The van der Waals surface area contributed by atoms with Crippen molar-refractivity contribution >= 4 is 30.5 Å². The first-order chi connectivity index (χ1) is 9.70. The molecule has 0 saturated carbocycles. The number of pyridine rings is 1. The first-order valence-electron chi connectivity index (χ1n) is 7.06. The van der Waals surface area contributed by atoms with Crippen LogP contribution in [0.4, 0.5) is 5.69 Å². The number of anilines is 1. The van der Waals surface area contributed by atoms with Crippen LogP contribution < -0.4 is 5.32 Å². The molecule has 3 nitrogen and oxygen atoms in total. The summed E-state index contributed by atoms with van der Waals surface area (Å²) in [6.07, 6.45) is 3.88. The summed E-state index contributed by atoms with van der Waals surface area (Å²) in [5.41, 5.74) is 4.11. The second kappa shape index (κ2) is 10.4. The third-order valence-electron chi connectivity index (χ3n) is 3.54. The minimum Gasteiger partial charge on any atom is -0.392 e. The molecule has 0 bridgehead atoms. The Hall–Kier alpha value is -1.29. The summed E-state index contributed by atoms with van der Waals surface area (Å²) in [5, 5.41) is 12.9. The molecule has 0 aliphatic rings. The second-order valence-corrected chi connectivity index (χ2v) is 5.15. The summed E-state index contributed by atoms with van der Waals surface area (Å²) in [7, 11) is 0. The monoisotopic (exact) mass is 342 g/mol. The van der Waals surface area contributed by atoms with Crippen molar-refractivity contribution in [3.8, 4) is 0 Å². The molecular formula is C17H24Cl2N2O. The number of aromatic nitrogens is 1. The van der Waals surface area contributed by atoms with Gasteiger partial charge in [-0.25, -0.2) is 0 Å². The topological polar surface area (TPSA) is 45.2 Å². The lowest BCUT2D eigenvalue weighted by atomic mass is 10.1. The SMILES string of the molecule is Cc1nccc(NC(C)CCc2ccccc2)c1CO.Cl.Cl. The van der Waals surface area contributed by atoms with Gasteiger partial charge in [0.15, 0.2) is 0 Å². The molecule has 0 saturated heterocycles. The molecule has 22 heavy (non-hydrogen) atoms. The minimum atomic E-state index is 0. The van der Waals surface area contributed by atoms with Gasteiger partial charge in [0, 0.05) is 29.2 Å². The van der Waals surface area contributed by atoms with Crippen molar-refractivity contribution in [1.82, 2.24) is 4.98 Å². The van der Waals surface area contributed by atoms with Crippen molar-refractivity contribution in [1.29, 1.82) is 0 Å². The van der Waals surface area contributed by atoms with Crippen molar-refractivity contribution in [3.05, 3.63) is 59.4 Å². The molecule has 1 aromatic heterocycles. The Morgan fingerprint density at radius 3 is 2.45 bits per heavy atom. The van der Waals surface area contributed by atoms with E-state index in [-0.39, 0.29) is 31.4 Å². The van der Waals surface area contributed by atoms with Crippen molar-refractivity contribution in [2.45, 2.75) is 39.3 Å². The highest BCUT2D eigenvalue weighted by atomic mass is 35.5. The van der Waals surface area contributed by atoms with Crippen LogP contribution in [-0.2, 0) is 13.0 Å². The van der Waals surface area contributed by atoms with Crippen LogP contribution in [0.1, 0.15) is 30.2 Å². The average molecular weight is 343 g/mol. The molecule has 0 amide bonds. The summed E-state index contributed by atoms with van der Waals surface area (Å²) < 4.78 is 0. The van der Waals surface area contributed by atoms with Crippen LogP contribution >= 0.6 is 24.8 Å². The summed E-state index contributed by atoms with van der Waals surface area (Å²) >= 11 is 0. The molecule has 1 aromatic carbocycles. The predicted molar refractivity (Wildman–Crippen MR) is 97.2 cm³/mol. The number of rotatable bonds is 6. The Labute approximate surface area is 145 Å². The highest BCUT2D eigenvalue weighted by Gasteiger charge is 2.08. The largest absolute Gasteiger partial charge is 0.392 e. The maximum atomic E-state index is 9.44. The number of aliphatic hydroxyl groups is 1. The smallest absolute Gasteiger partial charge is 0.0719 e. The summed E-state index contributed by atoms with van der Waals surface area (Å²) in [6.45, 7) is 4.11. The number of halogens is 2. The third kappa shape index (κ3) is 5.84. The van der Waals surface area contributed by atoms with Crippen LogP contribution in [0.2, 0.25) is 0 Å². The number of hydrogen-bond acceptors (Lipinski definition) is 3. The molecule has 2 N–H and O–H groups in total. The molecule has 0 spiro atoms. The number of aliphatic hydroxyl groups excluding tert-OH is 1. The molecule has 122 valence electrons. The normalized spacial score (nSPS) is 11.0. The van der Waals surface area contributed by atoms with Gasteiger partial charge in [0.05, 0.1) is 6.61 Å². The highest BCUT2D eigenvalue weighted by Crippen LogP contribution is 2.19. The highest BCUT2D eigenvalue weighted by molar-refractivity contribution is 5.85. The fraction of sp³-hybridized carbons (Fsp3) is 0.353. The maximum absolute atomic E-state index is 9.44. The van der Waals surface area contributed by atoms with E-state index < -0.39 is 0 Å². The lowest BCUT2D eigenvalue weighted by molar-refractivity contribution is 0.281. The average Bonchev–Trinajstić information content (AvgIpc) is 2.46. The van der Waals surface area contributed by atoms with Gasteiger partial charge in [0.1, 0.15) is 0 Å². The van der Waals surface area contributed by atoms with E-state index >= 15 is 0 Å². The van der Waals surface area contributed by atoms with Gasteiger partial charge in [-0.3, -0.25) is 4.98 Å². The predicted octanol–water partition coefficient (Wildman–Crippen LogP) is 4.16. The Bertz CT molecular complexity index is 550. The van der Waals surface area contributed by atoms with Crippen molar-refractivity contribution in [2.24, 2.45) is 0 Å². The van der Waals surface area contributed by atoms with E-state index in [1.165, 1.54) is 5.56 Å². The second-order valence-electron chi connectivity index (χ2n) is 5.15. The first-order valence-corrected chi connectivity index (χ1v) is 7.06. The quantitative estimate of drug-likeness (QED) is 0.828. The van der Waals surface area contributed by atoms with Crippen molar-refractivity contribution < 1.29 is 5.11 Å². The molecule has 1 heterocycles. The zero-order valence-corrected chi connectivity index (χ0v) is 14.6. The summed E-state index contributed by atoms with van der Waals surface area (Å²) in [6, 6.07) is 12.8. The van der Waals surface area contributed by atoms with Crippen LogP contribution in [0.15, 0.2) is 42.6 Å². The Morgan fingerprint density at radius 1 is 1.14 bits per heavy atom.